The maximum Gasteiger partial charge on any atom is 0.223 e. The van der Waals surface area contributed by atoms with Gasteiger partial charge in [0, 0.05) is 37.0 Å². The Morgan fingerprint density at radius 3 is 0.885 bits per heavy atom. The third-order valence-corrected chi connectivity index (χ3v) is 11.3. The summed E-state index contributed by atoms with van der Waals surface area (Å²) in [5.74, 6) is 0.280. The molecule has 0 aromatic rings. The molecule has 0 N–H and O–H groups in total. The summed E-state index contributed by atoms with van der Waals surface area (Å²) in [5, 5.41) is 18.7. The molecule has 0 aliphatic heterocycles. The first-order valence-electron chi connectivity index (χ1n) is 22.4. The maximum absolute atomic E-state index is 13.5. The molecule has 0 heterocycles. The van der Waals surface area contributed by atoms with Crippen LogP contribution in [0.4, 0.5) is 0 Å². The van der Waals surface area contributed by atoms with Gasteiger partial charge in [0.05, 0.1) is 25.0 Å². The quantitative estimate of drug-likeness (QED) is 0.0596. The van der Waals surface area contributed by atoms with E-state index in [1.807, 2.05) is 9.80 Å². The molecule has 0 aliphatic carbocycles. The molecule has 0 aliphatic rings. The fraction of sp³-hybridized carbons (Fsp3) is 0.913. The highest BCUT2D eigenvalue weighted by Crippen LogP contribution is 2.30. The van der Waals surface area contributed by atoms with Crippen molar-refractivity contribution in [1.29, 1.82) is 10.5 Å². The molecule has 6 nitrogen and oxygen atoms in total. The van der Waals surface area contributed by atoms with Crippen LogP contribution in [0.25, 0.3) is 0 Å². The van der Waals surface area contributed by atoms with Crippen LogP contribution in [-0.4, -0.2) is 45.8 Å². The molecule has 0 aromatic carbocycles. The Morgan fingerprint density at radius 2 is 0.654 bits per heavy atom. The minimum Gasteiger partial charge on any atom is -0.337 e. The molecule has 0 unspecified atom stereocenters. The summed E-state index contributed by atoms with van der Waals surface area (Å²) in [7, 11) is 0. The van der Waals surface area contributed by atoms with E-state index in [0.29, 0.717) is 38.8 Å². The summed E-state index contributed by atoms with van der Waals surface area (Å²) in [5.41, 5.74) is -0.860. The van der Waals surface area contributed by atoms with E-state index in [0.717, 1.165) is 38.5 Å². The second kappa shape index (κ2) is 33.5. The normalized spacial score (nSPS) is 11.7. The van der Waals surface area contributed by atoms with Gasteiger partial charge < -0.3 is 9.80 Å². The zero-order valence-corrected chi connectivity index (χ0v) is 35.6. The van der Waals surface area contributed by atoms with Crippen LogP contribution in [0.2, 0.25) is 0 Å². The predicted molar refractivity (Wildman–Crippen MR) is 222 cm³/mol. The highest BCUT2D eigenvalue weighted by atomic mass is 16.2. The van der Waals surface area contributed by atoms with Gasteiger partial charge in [0.1, 0.15) is 0 Å². The average Bonchev–Trinajstić information content (AvgIpc) is 3.11. The van der Waals surface area contributed by atoms with Crippen molar-refractivity contribution in [2.24, 2.45) is 0 Å². The third-order valence-electron chi connectivity index (χ3n) is 11.3. The average molecular weight is 727 g/mol. The van der Waals surface area contributed by atoms with E-state index in [1.165, 1.54) is 141 Å². The van der Waals surface area contributed by atoms with Crippen LogP contribution >= 0.6 is 0 Å². The number of carbonyl (C=O) groups is 2. The number of rotatable bonds is 37. The van der Waals surface area contributed by atoms with E-state index in [1.54, 1.807) is 0 Å². The summed E-state index contributed by atoms with van der Waals surface area (Å²) >= 11 is 0. The van der Waals surface area contributed by atoms with Gasteiger partial charge in [-0.05, 0) is 53.4 Å². The molecule has 0 aromatic heterocycles. The van der Waals surface area contributed by atoms with E-state index < -0.39 is 11.1 Å². The highest BCUT2D eigenvalue weighted by molar-refractivity contribution is 5.77. The van der Waals surface area contributed by atoms with E-state index in [2.05, 4.69) is 53.7 Å². The Hall–Kier alpha value is -2.08. The summed E-state index contributed by atoms with van der Waals surface area (Å²) in [4.78, 5) is 30.9. The number of nitrogens with zero attached hydrogens (tertiary/aromatic N) is 4. The fourth-order valence-corrected chi connectivity index (χ4v) is 7.59. The van der Waals surface area contributed by atoms with Crippen molar-refractivity contribution in [2.75, 3.05) is 13.1 Å². The van der Waals surface area contributed by atoms with Crippen LogP contribution in [0.3, 0.4) is 0 Å². The lowest BCUT2D eigenvalue weighted by molar-refractivity contribution is -0.140. The molecule has 52 heavy (non-hydrogen) atoms. The second-order valence-corrected chi connectivity index (χ2v) is 17.0. The molecule has 302 valence electrons. The highest BCUT2D eigenvalue weighted by Gasteiger charge is 2.36. The Labute approximate surface area is 324 Å². The molecule has 2 amide bonds. The Balaban J connectivity index is 4.70. The van der Waals surface area contributed by atoms with Gasteiger partial charge in [0.25, 0.3) is 0 Å². The number of unbranched alkanes of at least 4 members (excludes halogenated alkanes) is 24. The minimum absolute atomic E-state index is 0.140. The molecule has 0 spiro atoms. The lowest BCUT2D eigenvalue weighted by Gasteiger charge is -2.44. The molecule has 0 saturated carbocycles. The van der Waals surface area contributed by atoms with Crippen LogP contribution in [0.1, 0.15) is 247 Å². The number of hydrogen-bond donors (Lipinski definition) is 0. The topological polar surface area (TPSA) is 88.2 Å². The van der Waals surface area contributed by atoms with E-state index in [9.17, 15) is 20.1 Å². The van der Waals surface area contributed by atoms with E-state index in [-0.39, 0.29) is 11.8 Å². The summed E-state index contributed by atoms with van der Waals surface area (Å²) < 4.78 is 0. The monoisotopic (exact) mass is 727 g/mol. The van der Waals surface area contributed by atoms with Crippen LogP contribution in [-0.2, 0) is 9.59 Å². The van der Waals surface area contributed by atoms with Crippen LogP contribution < -0.4 is 0 Å². The zero-order chi connectivity index (χ0) is 38.8. The molecule has 0 bridgehead atoms. The van der Waals surface area contributed by atoms with Crippen LogP contribution in [0, 0.1) is 22.7 Å². The first-order chi connectivity index (χ1) is 25.1. The lowest BCUT2D eigenvalue weighted by Crippen LogP contribution is -2.52. The molecular formula is C46H86N4O2. The zero-order valence-electron chi connectivity index (χ0n) is 35.6. The van der Waals surface area contributed by atoms with Crippen molar-refractivity contribution >= 4 is 11.8 Å². The molecule has 6 heteroatoms. The van der Waals surface area contributed by atoms with Gasteiger partial charge in [-0.2, -0.15) is 10.5 Å². The standard InChI is InChI=1S/C46H86N4O2/c1-7-9-11-13-15-17-19-21-23-25-27-29-31-35-43(51)49(41-33-39-47)45(3,4)37-38-46(5,6)50(42-34-40-48)44(52)36-32-30-28-26-24-22-20-18-16-14-12-10-8-2/h7-38,41-42H2,1-6H3. The second-order valence-electron chi connectivity index (χ2n) is 17.0. The van der Waals surface area contributed by atoms with Gasteiger partial charge in [-0.1, -0.05) is 168 Å². The first kappa shape index (κ1) is 49.9. The fourth-order valence-electron chi connectivity index (χ4n) is 7.59. The molecule has 0 atom stereocenters. The van der Waals surface area contributed by atoms with Gasteiger partial charge in [-0.25, -0.2) is 0 Å². The SMILES string of the molecule is CCCCCCCCCCCCCCCC(=O)N(CCC#N)C(C)(C)CCC(C)(C)N(CCC#N)C(=O)CCCCCCCCCCCCCCC. The van der Waals surface area contributed by atoms with Crippen molar-refractivity contribution in [3.8, 4) is 12.1 Å². The van der Waals surface area contributed by atoms with Crippen molar-refractivity contribution in [1.82, 2.24) is 9.80 Å². The largest absolute Gasteiger partial charge is 0.337 e. The van der Waals surface area contributed by atoms with Crippen molar-refractivity contribution in [3.63, 3.8) is 0 Å². The van der Waals surface area contributed by atoms with Crippen molar-refractivity contribution in [2.45, 2.75) is 258 Å². The van der Waals surface area contributed by atoms with Crippen LogP contribution in [0.15, 0.2) is 0 Å². The Morgan fingerprint density at radius 1 is 0.423 bits per heavy atom. The van der Waals surface area contributed by atoms with E-state index in [4.69, 9.17) is 0 Å². The minimum atomic E-state index is -0.430. The van der Waals surface area contributed by atoms with E-state index >= 15 is 0 Å². The summed E-state index contributed by atoms with van der Waals surface area (Å²) in [6.07, 6.45) is 36.4. The maximum atomic E-state index is 13.5. The van der Waals surface area contributed by atoms with Crippen LogP contribution in [0.5, 0.6) is 0 Å². The van der Waals surface area contributed by atoms with Crippen molar-refractivity contribution < 1.29 is 9.59 Å². The first-order valence-corrected chi connectivity index (χ1v) is 22.4. The number of amides is 2. The molecule has 0 saturated heterocycles. The summed E-state index contributed by atoms with van der Waals surface area (Å²) in [6, 6.07) is 4.49. The van der Waals surface area contributed by atoms with Gasteiger partial charge in [0.2, 0.25) is 11.8 Å². The predicted octanol–water partition coefficient (Wildman–Crippen LogP) is 13.8. The third kappa shape index (κ3) is 26.6. The van der Waals surface area contributed by atoms with Gasteiger partial charge in [-0.15, -0.1) is 0 Å². The number of carbonyl (C=O) groups excluding carboxylic acids is 2. The van der Waals surface area contributed by atoms with Crippen molar-refractivity contribution in [3.05, 3.63) is 0 Å². The summed E-state index contributed by atoms with van der Waals surface area (Å²) in [6.45, 7) is 13.9. The Kier molecular flexibility index (Phi) is 32.1. The number of nitriles is 2. The molecular weight excluding hydrogens is 641 g/mol. The van der Waals surface area contributed by atoms with Gasteiger partial charge in [-0.3, -0.25) is 9.59 Å². The van der Waals surface area contributed by atoms with Gasteiger partial charge >= 0.3 is 0 Å². The molecule has 0 rings (SSSR count). The molecule has 0 fully saturated rings. The Bertz CT molecular complexity index is 871. The lowest BCUT2D eigenvalue weighted by atomic mass is 9.86. The van der Waals surface area contributed by atoms with Gasteiger partial charge in [0.15, 0.2) is 0 Å². The number of hydrogen-bond acceptors (Lipinski definition) is 4. The smallest absolute Gasteiger partial charge is 0.223 e. The molecule has 0 radical (unpaired) electrons.